The fourth-order valence-electron chi connectivity index (χ4n) is 1.42. The Balaban J connectivity index is 2.43. The highest BCUT2D eigenvalue weighted by Gasteiger charge is 2.00. The van der Waals surface area contributed by atoms with Crippen molar-refractivity contribution in [2.24, 2.45) is 10.9 Å². The summed E-state index contributed by atoms with van der Waals surface area (Å²) in [6, 6.07) is 7.57. The van der Waals surface area contributed by atoms with Gasteiger partial charge in [0.1, 0.15) is 0 Å². The van der Waals surface area contributed by atoms with Gasteiger partial charge in [0.2, 0.25) is 0 Å². The lowest BCUT2D eigenvalue weighted by Gasteiger charge is -2.06. The quantitative estimate of drug-likeness (QED) is 0.216. The maximum absolute atomic E-state index is 8.58. The van der Waals surface area contributed by atoms with E-state index in [0.29, 0.717) is 6.61 Å². The van der Waals surface area contributed by atoms with E-state index in [0.717, 1.165) is 30.8 Å². The second kappa shape index (κ2) is 7.65. The third-order valence-corrected chi connectivity index (χ3v) is 2.29. The zero-order valence-corrected chi connectivity index (χ0v) is 10.0. The number of hydrogen-bond acceptors (Lipinski definition) is 4. The minimum atomic E-state index is 0.126. The van der Waals surface area contributed by atoms with Crippen LogP contribution in [0.4, 0.5) is 0 Å². The number of amidine groups is 1. The number of nitrogens with zero attached hydrogens (tertiary/aromatic N) is 1. The molecule has 0 fully saturated rings. The zero-order valence-electron chi connectivity index (χ0n) is 10.0. The molecule has 5 heteroatoms. The van der Waals surface area contributed by atoms with Gasteiger partial charge in [-0.15, -0.1) is 0 Å². The van der Waals surface area contributed by atoms with Gasteiger partial charge in [-0.3, -0.25) is 0 Å². The molecule has 17 heavy (non-hydrogen) atoms. The predicted molar refractivity (Wildman–Crippen MR) is 67.2 cm³/mol. The van der Waals surface area contributed by atoms with Crippen molar-refractivity contribution in [2.75, 3.05) is 19.8 Å². The van der Waals surface area contributed by atoms with Crippen LogP contribution in [-0.2, 0) is 11.3 Å². The van der Waals surface area contributed by atoms with Gasteiger partial charge in [-0.05, 0) is 18.6 Å². The van der Waals surface area contributed by atoms with E-state index in [9.17, 15) is 0 Å². The fourth-order valence-corrected chi connectivity index (χ4v) is 1.42. The number of hydrogen-bond donors (Lipinski definition) is 3. The molecule has 0 aliphatic heterocycles. The van der Waals surface area contributed by atoms with Crippen LogP contribution in [0.5, 0.6) is 0 Å². The molecule has 4 N–H and O–H groups in total. The van der Waals surface area contributed by atoms with Crippen LogP contribution in [0.2, 0.25) is 0 Å². The maximum atomic E-state index is 8.58. The second-order valence-electron chi connectivity index (χ2n) is 3.56. The van der Waals surface area contributed by atoms with E-state index in [2.05, 4.69) is 10.5 Å². The number of benzene rings is 1. The van der Waals surface area contributed by atoms with Gasteiger partial charge in [0.05, 0.1) is 6.61 Å². The minimum Gasteiger partial charge on any atom is -0.409 e. The summed E-state index contributed by atoms with van der Waals surface area (Å²) in [7, 11) is 0. The van der Waals surface area contributed by atoms with E-state index < -0.39 is 0 Å². The molecule has 94 valence electrons. The molecule has 5 nitrogen and oxygen atoms in total. The molecule has 0 aromatic heterocycles. The molecule has 0 atom stereocenters. The molecule has 0 amide bonds. The summed E-state index contributed by atoms with van der Waals surface area (Å²) in [4.78, 5) is 0. The first-order valence-corrected chi connectivity index (χ1v) is 5.63. The lowest BCUT2D eigenvalue weighted by atomic mass is 10.1. The van der Waals surface area contributed by atoms with Gasteiger partial charge >= 0.3 is 0 Å². The predicted octanol–water partition coefficient (Wildman–Crippen LogP) is 0.907. The van der Waals surface area contributed by atoms with Crippen molar-refractivity contribution in [2.45, 2.75) is 13.5 Å². The van der Waals surface area contributed by atoms with Crippen LogP contribution in [0, 0.1) is 0 Å². The van der Waals surface area contributed by atoms with Crippen molar-refractivity contribution in [3.8, 4) is 0 Å². The lowest BCUT2D eigenvalue weighted by Crippen LogP contribution is -2.20. The smallest absolute Gasteiger partial charge is 0.170 e. The average Bonchev–Trinajstić information content (AvgIpc) is 2.38. The van der Waals surface area contributed by atoms with Crippen molar-refractivity contribution in [3.63, 3.8) is 0 Å². The molecule has 1 aromatic carbocycles. The molecular weight excluding hydrogens is 218 g/mol. The van der Waals surface area contributed by atoms with Gasteiger partial charge < -0.3 is 21.0 Å². The van der Waals surface area contributed by atoms with Crippen molar-refractivity contribution in [1.82, 2.24) is 5.32 Å². The average molecular weight is 237 g/mol. The Morgan fingerprint density at radius 2 is 2.35 bits per heavy atom. The van der Waals surface area contributed by atoms with E-state index in [1.54, 1.807) is 6.07 Å². The van der Waals surface area contributed by atoms with Gasteiger partial charge in [0, 0.05) is 25.3 Å². The molecule has 0 saturated carbocycles. The zero-order chi connectivity index (χ0) is 12.5. The van der Waals surface area contributed by atoms with Crippen LogP contribution < -0.4 is 11.1 Å². The van der Waals surface area contributed by atoms with Crippen molar-refractivity contribution in [1.29, 1.82) is 0 Å². The van der Waals surface area contributed by atoms with Gasteiger partial charge in [-0.25, -0.2) is 0 Å². The molecule has 0 aliphatic carbocycles. The number of oxime groups is 1. The highest BCUT2D eigenvalue weighted by molar-refractivity contribution is 5.97. The van der Waals surface area contributed by atoms with E-state index in [-0.39, 0.29) is 5.84 Å². The largest absolute Gasteiger partial charge is 0.409 e. The van der Waals surface area contributed by atoms with Crippen LogP contribution in [-0.4, -0.2) is 30.8 Å². The van der Waals surface area contributed by atoms with E-state index in [4.69, 9.17) is 15.7 Å². The number of nitrogens with two attached hydrogens (primary N) is 1. The summed E-state index contributed by atoms with van der Waals surface area (Å²) in [5.74, 6) is 0.126. The normalized spacial score (nSPS) is 11.7. The van der Waals surface area contributed by atoms with Gasteiger partial charge in [0.15, 0.2) is 5.84 Å². The highest BCUT2D eigenvalue weighted by Crippen LogP contribution is 2.04. The molecule has 0 heterocycles. The molecule has 1 rings (SSSR count). The minimum absolute atomic E-state index is 0.126. The Labute approximate surface area is 101 Å². The Morgan fingerprint density at radius 3 is 3.06 bits per heavy atom. The van der Waals surface area contributed by atoms with Crippen LogP contribution in [0.25, 0.3) is 0 Å². The Bertz CT molecular complexity index is 367. The summed E-state index contributed by atoms with van der Waals surface area (Å²) >= 11 is 0. The topological polar surface area (TPSA) is 79.9 Å². The van der Waals surface area contributed by atoms with Crippen molar-refractivity contribution in [3.05, 3.63) is 35.4 Å². The lowest BCUT2D eigenvalue weighted by molar-refractivity contribution is 0.149. The van der Waals surface area contributed by atoms with E-state index in [1.807, 2.05) is 25.1 Å². The first-order chi connectivity index (χ1) is 8.27. The van der Waals surface area contributed by atoms with Crippen LogP contribution >= 0.6 is 0 Å². The molecule has 0 bridgehead atoms. The van der Waals surface area contributed by atoms with Gasteiger partial charge in [0.25, 0.3) is 0 Å². The fraction of sp³-hybridized carbons (Fsp3) is 0.417. The first-order valence-electron chi connectivity index (χ1n) is 5.63. The second-order valence-corrected chi connectivity index (χ2v) is 3.56. The summed E-state index contributed by atoms with van der Waals surface area (Å²) < 4.78 is 5.22. The Morgan fingerprint density at radius 1 is 1.53 bits per heavy atom. The van der Waals surface area contributed by atoms with E-state index in [1.165, 1.54) is 0 Å². The summed E-state index contributed by atoms with van der Waals surface area (Å²) in [6.45, 7) is 4.96. The molecule has 0 unspecified atom stereocenters. The van der Waals surface area contributed by atoms with Gasteiger partial charge in [-0.2, -0.15) is 0 Å². The number of ether oxygens (including phenoxy) is 1. The maximum Gasteiger partial charge on any atom is 0.170 e. The molecule has 0 saturated heterocycles. The number of nitrogens with one attached hydrogen (secondary N) is 1. The summed E-state index contributed by atoms with van der Waals surface area (Å²) in [5, 5.41) is 14.8. The van der Waals surface area contributed by atoms with Crippen molar-refractivity contribution < 1.29 is 9.94 Å². The van der Waals surface area contributed by atoms with Gasteiger partial charge in [-0.1, -0.05) is 23.4 Å². The third kappa shape index (κ3) is 4.84. The SMILES string of the molecule is CCOCCNCc1cccc(C(N)=NO)c1. The summed E-state index contributed by atoms with van der Waals surface area (Å²) in [5.41, 5.74) is 7.32. The van der Waals surface area contributed by atoms with Crippen LogP contribution in [0.15, 0.2) is 29.4 Å². The first kappa shape index (κ1) is 13.5. The molecule has 0 spiro atoms. The Kier molecular flexibility index (Phi) is 6.06. The van der Waals surface area contributed by atoms with Crippen LogP contribution in [0.1, 0.15) is 18.1 Å². The molecular formula is C12H19N3O2. The summed E-state index contributed by atoms with van der Waals surface area (Å²) in [6.07, 6.45) is 0. The molecule has 0 radical (unpaired) electrons. The third-order valence-electron chi connectivity index (χ3n) is 2.29. The molecule has 1 aromatic rings. The van der Waals surface area contributed by atoms with E-state index >= 15 is 0 Å². The van der Waals surface area contributed by atoms with Crippen LogP contribution in [0.3, 0.4) is 0 Å². The monoisotopic (exact) mass is 237 g/mol. The van der Waals surface area contributed by atoms with Crippen molar-refractivity contribution >= 4 is 5.84 Å². The highest BCUT2D eigenvalue weighted by atomic mass is 16.5. The molecule has 0 aliphatic rings. The standard InChI is InChI=1S/C12H19N3O2/c1-2-17-7-6-14-9-10-4-3-5-11(8-10)12(13)15-16/h3-5,8,14,16H,2,6-7,9H2,1H3,(H2,13,15). The number of rotatable bonds is 7. The Hall–Kier alpha value is -1.59.